The highest BCUT2D eigenvalue weighted by Gasteiger charge is 2.21. The average molecular weight is 459 g/mol. The largest absolute Gasteiger partial charge is 0.267 e. The highest BCUT2D eigenvalue weighted by atomic mass is 32.2. The van der Waals surface area contributed by atoms with E-state index in [1.54, 1.807) is 29.1 Å². The van der Waals surface area contributed by atoms with Gasteiger partial charge in [-0.2, -0.15) is 35.4 Å². The Kier molecular flexibility index (Phi) is 7.46. The number of benzene rings is 2. The van der Waals surface area contributed by atoms with Crippen molar-refractivity contribution in [3.05, 3.63) is 65.9 Å². The van der Waals surface area contributed by atoms with Crippen LogP contribution in [0.1, 0.15) is 17.2 Å². The predicted molar refractivity (Wildman–Crippen MR) is 115 cm³/mol. The second-order valence-electron chi connectivity index (χ2n) is 6.38. The first-order valence-electron chi connectivity index (χ1n) is 8.33. The first kappa shape index (κ1) is 23.4. The molecule has 158 valence electrons. The van der Waals surface area contributed by atoms with E-state index in [4.69, 9.17) is 8.37 Å². The van der Waals surface area contributed by atoms with Crippen molar-refractivity contribution in [2.24, 2.45) is 0 Å². The van der Waals surface area contributed by atoms with Crippen molar-refractivity contribution in [1.82, 2.24) is 9.78 Å². The molecule has 0 saturated carbocycles. The summed E-state index contributed by atoms with van der Waals surface area (Å²) in [6, 6.07) is 14.9. The van der Waals surface area contributed by atoms with E-state index >= 15 is 0 Å². The van der Waals surface area contributed by atoms with Crippen molar-refractivity contribution in [2.75, 3.05) is 19.1 Å². The fourth-order valence-electron chi connectivity index (χ4n) is 2.75. The molecule has 0 aliphatic carbocycles. The van der Waals surface area contributed by atoms with Crippen LogP contribution in [-0.4, -0.2) is 45.7 Å². The molecule has 8 nitrogen and oxygen atoms in total. The standard InChI is InChI=1S/C18H20N2O6S2.H2S/c1-27(21,22)25-13-18(26-28(2,23)24)15-8-9-16-11-19-20(17(16)10-15)12-14-6-4-3-5-7-14;/h3-11,18H,12-13H2,1-2H3;1H2. The molecule has 1 heterocycles. The normalized spacial score (nSPS) is 13.2. The van der Waals surface area contributed by atoms with Crippen LogP contribution < -0.4 is 0 Å². The molecule has 0 aliphatic rings. The SMILES string of the molecule is CS(=O)(=O)OCC(OS(C)(=O)=O)c1ccc2cnn(Cc3ccccc3)c2c1.S. The number of hydrogen-bond donors (Lipinski definition) is 0. The fraction of sp³-hybridized carbons (Fsp3) is 0.278. The Labute approximate surface area is 177 Å². The minimum Gasteiger partial charge on any atom is -0.267 e. The van der Waals surface area contributed by atoms with Gasteiger partial charge in [-0.25, -0.2) is 0 Å². The van der Waals surface area contributed by atoms with E-state index in [1.807, 2.05) is 30.3 Å². The smallest absolute Gasteiger partial charge is 0.265 e. The van der Waals surface area contributed by atoms with E-state index in [2.05, 4.69) is 5.10 Å². The quantitative estimate of drug-likeness (QED) is 0.477. The zero-order chi connectivity index (χ0) is 20.4. The van der Waals surface area contributed by atoms with Crippen molar-refractivity contribution in [3.8, 4) is 0 Å². The lowest BCUT2D eigenvalue weighted by Gasteiger charge is -2.16. The van der Waals surface area contributed by atoms with E-state index in [-0.39, 0.29) is 13.5 Å². The maximum atomic E-state index is 11.6. The van der Waals surface area contributed by atoms with Gasteiger partial charge in [-0.05, 0) is 17.2 Å². The van der Waals surface area contributed by atoms with Crippen LogP contribution in [0.25, 0.3) is 10.9 Å². The monoisotopic (exact) mass is 458 g/mol. The van der Waals surface area contributed by atoms with Gasteiger partial charge in [-0.3, -0.25) is 13.0 Å². The molecule has 1 aromatic heterocycles. The van der Waals surface area contributed by atoms with E-state index in [0.29, 0.717) is 12.1 Å². The Hall–Kier alpha value is -1.92. The lowest BCUT2D eigenvalue weighted by molar-refractivity contribution is 0.141. The number of rotatable bonds is 8. The summed E-state index contributed by atoms with van der Waals surface area (Å²) in [7, 11) is -7.59. The molecule has 0 bridgehead atoms. The molecule has 0 spiro atoms. The summed E-state index contributed by atoms with van der Waals surface area (Å²) in [5, 5.41) is 5.24. The molecule has 0 aliphatic heterocycles. The van der Waals surface area contributed by atoms with Crippen LogP contribution in [0.4, 0.5) is 0 Å². The third-order valence-corrected chi connectivity index (χ3v) is 5.09. The molecule has 3 aromatic rings. The topological polar surface area (TPSA) is 105 Å². The molecule has 0 saturated heterocycles. The van der Waals surface area contributed by atoms with Crippen LogP contribution in [-0.2, 0) is 35.1 Å². The first-order chi connectivity index (χ1) is 13.1. The Morgan fingerprint density at radius 2 is 1.69 bits per heavy atom. The molecule has 2 aromatic carbocycles. The zero-order valence-corrected chi connectivity index (χ0v) is 18.5. The van der Waals surface area contributed by atoms with E-state index < -0.39 is 32.9 Å². The van der Waals surface area contributed by atoms with Gasteiger partial charge in [0.15, 0.2) is 0 Å². The van der Waals surface area contributed by atoms with Crippen LogP contribution in [0.2, 0.25) is 0 Å². The summed E-state index contributed by atoms with van der Waals surface area (Å²) in [6.45, 7) is 0.0788. The maximum absolute atomic E-state index is 11.6. The molecule has 0 fully saturated rings. The van der Waals surface area contributed by atoms with Gasteiger partial charge >= 0.3 is 0 Å². The third-order valence-electron chi connectivity index (χ3n) is 3.94. The average Bonchev–Trinajstić information content (AvgIpc) is 3.00. The summed E-state index contributed by atoms with van der Waals surface area (Å²) in [4.78, 5) is 0. The van der Waals surface area contributed by atoms with Gasteiger partial charge in [0.2, 0.25) is 0 Å². The molecule has 0 radical (unpaired) electrons. The summed E-state index contributed by atoms with van der Waals surface area (Å²) in [5.74, 6) is 0. The number of nitrogens with zero attached hydrogens (tertiary/aromatic N) is 2. The number of hydrogen-bond acceptors (Lipinski definition) is 7. The molecule has 0 amide bonds. The van der Waals surface area contributed by atoms with Crippen molar-refractivity contribution in [1.29, 1.82) is 0 Å². The van der Waals surface area contributed by atoms with Gasteiger partial charge in [0.05, 0.1) is 37.4 Å². The van der Waals surface area contributed by atoms with Crippen LogP contribution in [0.5, 0.6) is 0 Å². The molecular formula is C18H22N2O6S3. The second kappa shape index (κ2) is 9.26. The van der Waals surface area contributed by atoms with Gasteiger partial charge in [0.25, 0.3) is 20.2 Å². The number of aromatic nitrogens is 2. The van der Waals surface area contributed by atoms with E-state index in [1.165, 1.54) is 0 Å². The molecule has 1 atom stereocenters. The lowest BCUT2D eigenvalue weighted by atomic mass is 10.1. The minimum absolute atomic E-state index is 0. The Balaban J connectivity index is 0.00000300. The summed E-state index contributed by atoms with van der Waals surface area (Å²) >= 11 is 0. The van der Waals surface area contributed by atoms with Crippen LogP contribution >= 0.6 is 13.5 Å². The van der Waals surface area contributed by atoms with Crippen LogP contribution in [0.3, 0.4) is 0 Å². The van der Waals surface area contributed by atoms with E-state index in [0.717, 1.165) is 29.0 Å². The van der Waals surface area contributed by atoms with Crippen molar-refractivity contribution < 1.29 is 25.2 Å². The highest BCUT2D eigenvalue weighted by molar-refractivity contribution is 7.86. The second-order valence-corrected chi connectivity index (χ2v) is 9.63. The lowest BCUT2D eigenvalue weighted by Crippen LogP contribution is -2.18. The highest BCUT2D eigenvalue weighted by Crippen LogP contribution is 2.25. The van der Waals surface area contributed by atoms with Gasteiger partial charge in [-0.15, -0.1) is 0 Å². The summed E-state index contributed by atoms with van der Waals surface area (Å²) < 4.78 is 57.5. The van der Waals surface area contributed by atoms with Gasteiger partial charge in [0, 0.05) is 5.39 Å². The van der Waals surface area contributed by atoms with Crippen LogP contribution in [0, 0.1) is 0 Å². The Morgan fingerprint density at radius 1 is 1.00 bits per heavy atom. The van der Waals surface area contributed by atoms with Crippen molar-refractivity contribution in [3.63, 3.8) is 0 Å². The third kappa shape index (κ3) is 6.82. The van der Waals surface area contributed by atoms with Gasteiger partial charge < -0.3 is 0 Å². The molecule has 29 heavy (non-hydrogen) atoms. The minimum atomic E-state index is -3.83. The molecule has 0 N–H and O–H groups in total. The number of fused-ring (bicyclic) bond motifs is 1. The van der Waals surface area contributed by atoms with E-state index in [9.17, 15) is 16.8 Å². The molecule has 11 heteroatoms. The Morgan fingerprint density at radius 3 is 2.31 bits per heavy atom. The molecule has 1 unspecified atom stereocenters. The Bertz CT molecular complexity index is 1170. The maximum Gasteiger partial charge on any atom is 0.265 e. The fourth-order valence-corrected chi connectivity index (χ4v) is 3.71. The van der Waals surface area contributed by atoms with Crippen molar-refractivity contribution in [2.45, 2.75) is 12.6 Å². The molecule has 3 rings (SSSR count). The van der Waals surface area contributed by atoms with Crippen LogP contribution in [0.15, 0.2) is 54.7 Å². The summed E-state index contributed by atoms with van der Waals surface area (Å²) in [5.41, 5.74) is 2.29. The van der Waals surface area contributed by atoms with Gasteiger partial charge in [-0.1, -0.05) is 42.5 Å². The van der Waals surface area contributed by atoms with Gasteiger partial charge in [0.1, 0.15) is 6.10 Å². The predicted octanol–water partition coefficient (Wildman–Crippen LogP) is 2.19. The molecular weight excluding hydrogens is 436 g/mol. The summed E-state index contributed by atoms with van der Waals surface area (Å²) in [6.07, 6.45) is 2.40. The van der Waals surface area contributed by atoms with Crippen molar-refractivity contribution >= 4 is 44.6 Å². The first-order valence-corrected chi connectivity index (χ1v) is 12.0. The zero-order valence-electron chi connectivity index (χ0n) is 15.8.